The van der Waals surface area contributed by atoms with E-state index < -0.39 is 5.92 Å². The third-order valence-corrected chi connectivity index (χ3v) is 3.42. The van der Waals surface area contributed by atoms with Crippen LogP contribution in [0.5, 0.6) is 0 Å². The topological polar surface area (TPSA) is 12.0 Å². The quantitative estimate of drug-likeness (QED) is 0.853. The SMILES string of the molecule is CC(F)(F)c1cccc(CC2CCNCC2)c1. The van der Waals surface area contributed by atoms with Gasteiger partial charge in [0, 0.05) is 12.5 Å². The molecule has 2 rings (SSSR count). The Bertz CT molecular complexity index is 365. The summed E-state index contributed by atoms with van der Waals surface area (Å²) in [7, 11) is 0. The van der Waals surface area contributed by atoms with Crippen LogP contribution in [0.1, 0.15) is 30.9 Å². The normalized spacial score (nSPS) is 18.3. The van der Waals surface area contributed by atoms with E-state index in [4.69, 9.17) is 0 Å². The summed E-state index contributed by atoms with van der Waals surface area (Å²) in [5.74, 6) is -2.10. The highest BCUT2D eigenvalue weighted by molar-refractivity contribution is 5.26. The molecule has 0 radical (unpaired) electrons. The first-order valence-electron chi connectivity index (χ1n) is 6.23. The van der Waals surface area contributed by atoms with Crippen LogP contribution in [-0.4, -0.2) is 13.1 Å². The van der Waals surface area contributed by atoms with Crippen LogP contribution in [0, 0.1) is 5.92 Å². The minimum Gasteiger partial charge on any atom is -0.317 e. The van der Waals surface area contributed by atoms with Crippen molar-refractivity contribution >= 4 is 0 Å². The molecular formula is C14H19F2N. The van der Waals surface area contributed by atoms with Gasteiger partial charge in [0.1, 0.15) is 0 Å². The fourth-order valence-electron chi connectivity index (χ4n) is 2.39. The zero-order valence-corrected chi connectivity index (χ0v) is 10.2. The van der Waals surface area contributed by atoms with Crippen molar-refractivity contribution < 1.29 is 8.78 Å². The van der Waals surface area contributed by atoms with Gasteiger partial charge in [-0.2, -0.15) is 0 Å². The number of hydrogen-bond acceptors (Lipinski definition) is 1. The number of piperidine rings is 1. The minimum absolute atomic E-state index is 0.129. The zero-order chi connectivity index (χ0) is 12.3. The van der Waals surface area contributed by atoms with Crippen LogP contribution in [-0.2, 0) is 12.3 Å². The summed E-state index contributed by atoms with van der Waals surface area (Å²) >= 11 is 0. The van der Waals surface area contributed by atoms with E-state index in [1.54, 1.807) is 12.1 Å². The van der Waals surface area contributed by atoms with Crippen molar-refractivity contribution in [2.24, 2.45) is 5.92 Å². The molecule has 1 aliphatic rings. The Morgan fingerprint density at radius 1 is 1.29 bits per heavy atom. The summed E-state index contributed by atoms with van der Waals surface area (Å²) < 4.78 is 26.4. The Kier molecular flexibility index (Phi) is 3.77. The molecule has 0 saturated carbocycles. The van der Waals surface area contributed by atoms with Crippen molar-refractivity contribution in [2.45, 2.75) is 32.1 Å². The van der Waals surface area contributed by atoms with E-state index in [9.17, 15) is 8.78 Å². The standard InChI is InChI=1S/C14H19F2N/c1-14(15,16)13-4-2-3-12(10-13)9-11-5-7-17-8-6-11/h2-4,10-11,17H,5-9H2,1H3. The molecule has 0 amide bonds. The molecule has 1 aromatic rings. The molecule has 0 aromatic heterocycles. The molecule has 1 N–H and O–H groups in total. The van der Waals surface area contributed by atoms with E-state index in [0.29, 0.717) is 5.92 Å². The van der Waals surface area contributed by atoms with Gasteiger partial charge in [-0.3, -0.25) is 0 Å². The summed E-state index contributed by atoms with van der Waals surface area (Å²) in [5.41, 5.74) is 1.17. The first-order valence-corrected chi connectivity index (χ1v) is 6.23. The number of rotatable bonds is 3. The third kappa shape index (κ3) is 3.50. The van der Waals surface area contributed by atoms with Gasteiger partial charge in [0.15, 0.2) is 0 Å². The summed E-state index contributed by atoms with van der Waals surface area (Å²) in [5, 5.41) is 3.32. The zero-order valence-electron chi connectivity index (χ0n) is 10.2. The van der Waals surface area contributed by atoms with Gasteiger partial charge in [0.2, 0.25) is 0 Å². The van der Waals surface area contributed by atoms with Gasteiger partial charge >= 0.3 is 0 Å². The molecule has 0 unspecified atom stereocenters. The van der Waals surface area contributed by atoms with E-state index in [-0.39, 0.29) is 5.56 Å². The molecule has 0 bridgehead atoms. The maximum atomic E-state index is 13.2. The first-order chi connectivity index (χ1) is 8.05. The van der Waals surface area contributed by atoms with E-state index in [1.165, 1.54) is 6.07 Å². The van der Waals surface area contributed by atoms with Crippen molar-refractivity contribution in [1.82, 2.24) is 5.32 Å². The molecule has 1 aliphatic heterocycles. The minimum atomic E-state index is -2.73. The lowest BCUT2D eigenvalue weighted by Crippen LogP contribution is -2.28. The Balaban J connectivity index is 2.05. The summed E-state index contributed by atoms with van der Waals surface area (Å²) in [4.78, 5) is 0. The van der Waals surface area contributed by atoms with Crippen LogP contribution in [0.25, 0.3) is 0 Å². The van der Waals surface area contributed by atoms with Gasteiger partial charge in [0.05, 0.1) is 0 Å². The molecule has 1 heterocycles. The maximum absolute atomic E-state index is 13.2. The second-order valence-electron chi connectivity index (χ2n) is 4.99. The largest absolute Gasteiger partial charge is 0.317 e. The Morgan fingerprint density at radius 2 is 2.00 bits per heavy atom. The van der Waals surface area contributed by atoms with Gasteiger partial charge < -0.3 is 5.32 Å². The molecule has 1 aromatic carbocycles. The highest BCUT2D eigenvalue weighted by Gasteiger charge is 2.24. The predicted molar refractivity (Wildman–Crippen MR) is 65.3 cm³/mol. The average molecular weight is 239 g/mol. The van der Waals surface area contributed by atoms with Crippen LogP contribution in [0.15, 0.2) is 24.3 Å². The Labute approximate surface area is 101 Å². The fraction of sp³-hybridized carbons (Fsp3) is 0.571. The van der Waals surface area contributed by atoms with Gasteiger partial charge in [-0.15, -0.1) is 0 Å². The molecule has 94 valence electrons. The summed E-state index contributed by atoms with van der Waals surface area (Å²) in [6.45, 7) is 3.05. The number of halogens is 2. The van der Waals surface area contributed by atoms with E-state index in [1.807, 2.05) is 6.07 Å². The fourth-order valence-corrected chi connectivity index (χ4v) is 2.39. The van der Waals surface area contributed by atoms with Gasteiger partial charge in [-0.05, 0) is 49.9 Å². The second kappa shape index (κ2) is 5.13. The van der Waals surface area contributed by atoms with Crippen LogP contribution >= 0.6 is 0 Å². The van der Waals surface area contributed by atoms with Crippen LogP contribution in [0.4, 0.5) is 8.78 Å². The van der Waals surface area contributed by atoms with Crippen molar-refractivity contribution in [3.05, 3.63) is 35.4 Å². The molecule has 1 nitrogen and oxygen atoms in total. The molecule has 0 aliphatic carbocycles. The monoisotopic (exact) mass is 239 g/mol. The number of benzene rings is 1. The molecule has 3 heteroatoms. The maximum Gasteiger partial charge on any atom is 0.270 e. The highest BCUT2D eigenvalue weighted by atomic mass is 19.3. The summed E-state index contributed by atoms with van der Waals surface area (Å²) in [6, 6.07) is 6.86. The highest BCUT2D eigenvalue weighted by Crippen LogP contribution is 2.28. The molecule has 1 fully saturated rings. The van der Waals surface area contributed by atoms with Crippen molar-refractivity contribution in [2.75, 3.05) is 13.1 Å². The lowest BCUT2D eigenvalue weighted by atomic mass is 9.90. The lowest BCUT2D eigenvalue weighted by molar-refractivity contribution is 0.0174. The number of hydrogen-bond donors (Lipinski definition) is 1. The smallest absolute Gasteiger partial charge is 0.270 e. The molecule has 17 heavy (non-hydrogen) atoms. The van der Waals surface area contributed by atoms with Crippen molar-refractivity contribution in [3.8, 4) is 0 Å². The summed E-state index contributed by atoms with van der Waals surface area (Å²) in [6.07, 6.45) is 3.21. The predicted octanol–water partition coefficient (Wildman–Crippen LogP) is 3.34. The van der Waals surface area contributed by atoms with Crippen molar-refractivity contribution in [1.29, 1.82) is 0 Å². The van der Waals surface area contributed by atoms with Gasteiger partial charge in [-0.1, -0.05) is 18.2 Å². The van der Waals surface area contributed by atoms with Crippen molar-refractivity contribution in [3.63, 3.8) is 0 Å². The van der Waals surface area contributed by atoms with Crippen LogP contribution < -0.4 is 5.32 Å². The van der Waals surface area contributed by atoms with E-state index >= 15 is 0 Å². The van der Waals surface area contributed by atoms with Crippen LogP contribution in [0.2, 0.25) is 0 Å². The average Bonchev–Trinajstić information content (AvgIpc) is 2.29. The van der Waals surface area contributed by atoms with E-state index in [0.717, 1.165) is 44.8 Å². The number of nitrogens with one attached hydrogen (secondary N) is 1. The van der Waals surface area contributed by atoms with Gasteiger partial charge in [0.25, 0.3) is 5.92 Å². The number of alkyl halides is 2. The lowest BCUT2D eigenvalue weighted by Gasteiger charge is -2.23. The first kappa shape index (κ1) is 12.5. The second-order valence-corrected chi connectivity index (χ2v) is 4.99. The van der Waals surface area contributed by atoms with E-state index in [2.05, 4.69) is 5.32 Å². The Hall–Kier alpha value is -0.960. The molecule has 0 spiro atoms. The molecular weight excluding hydrogens is 220 g/mol. The third-order valence-electron chi connectivity index (χ3n) is 3.42. The molecule has 0 atom stereocenters. The molecule has 1 saturated heterocycles. The van der Waals surface area contributed by atoms with Crippen LogP contribution in [0.3, 0.4) is 0 Å². The Morgan fingerprint density at radius 3 is 2.65 bits per heavy atom. The van der Waals surface area contributed by atoms with Gasteiger partial charge in [-0.25, -0.2) is 8.78 Å².